The number of hydrogen-bond acceptors (Lipinski definition) is 2. The van der Waals surface area contributed by atoms with Gasteiger partial charge in [0.25, 0.3) is 0 Å². The Hall–Kier alpha value is -0.250. The molecule has 1 nitrogen and oxygen atoms in total. The summed E-state index contributed by atoms with van der Waals surface area (Å²) in [6, 6.07) is 9.02. The van der Waals surface area contributed by atoms with Crippen molar-refractivity contribution in [2.24, 2.45) is 0 Å². The number of nitrogens with one attached hydrogen (secondary N) is 1. The molecule has 1 aromatic carbocycles. The molecule has 0 aliphatic heterocycles. The van der Waals surface area contributed by atoms with Crippen LogP contribution in [0.15, 0.2) is 45.3 Å². The molecule has 1 unspecified atom stereocenters. The lowest BCUT2D eigenvalue weighted by atomic mass is 10.0. The van der Waals surface area contributed by atoms with Gasteiger partial charge in [0, 0.05) is 21.2 Å². The minimum Gasteiger partial charge on any atom is -0.310 e. The summed E-state index contributed by atoms with van der Waals surface area (Å²) in [5, 5.41) is 3.67. The highest BCUT2D eigenvalue weighted by Crippen LogP contribution is 2.29. The number of likely N-dealkylation sites (N-methyl/N-ethyl adjacent to an activating group) is 1. The molecule has 0 saturated carbocycles. The molecule has 0 heterocycles. The molecule has 0 radical (unpaired) electrons. The summed E-state index contributed by atoms with van der Waals surface area (Å²) in [5.41, 5.74) is 1.63. The van der Waals surface area contributed by atoms with Crippen LogP contribution < -0.4 is 5.32 Å². The zero-order valence-corrected chi connectivity index (χ0v) is 14.6. The third-order valence-electron chi connectivity index (χ3n) is 3.72. The van der Waals surface area contributed by atoms with Crippen molar-refractivity contribution in [1.82, 2.24) is 5.32 Å². The largest absolute Gasteiger partial charge is 0.310 e. The maximum absolute atomic E-state index is 3.67. The van der Waals surface area contributed by atoms with Crippen molar-refractivity contribution in [3.05, 3.63) is 40.4 Å². The Labute approximate surface area is 135 Å². The molecule has 3 heteroatoms. The molecular weight excluding hydrogens is 330 g/mol. The predicted molar refractivity (Wildman–Crippen MR) is 93.5 cm³/mol. The van der Waals surface area contributed by atoms with E-state index in [0.717, 1.165) is 12.3 Å². The van der Waals surface area contributed by atoms with Crippen LogP contribution in [0.1, 0.15) is 39.0 Å². The molecule has 1 aliphatic rings. The van der Waals surface area contributed by atoms with E-state index in [1.54, 1.807) is 5.57 Å². The van der Waals surface area contributed by atoms with Gasteiger partial charge in [-0.2, -0.15) is 0 Å². The van der Waals surface area contributed by atoms with Crippen LogP contribution in [0, 0.1) is 0 Å². The summed E-state index contributed by atoms with van der Waals surface area (Å²) in [6.45, 7) is 3.24. The van der Waals surface area contributed by atoms with Crippen molar-refractivity contribution in [3.63, 3.8) is 0 Å². The maximum Gasteiger partial charge on any atom is 0.0374 e. The van der Waals surface area contributed by atoms with Crippen LogP contribution in [0.4, 0.5) is 0 Å². The molecule has 20 heavy (non-hydrogen) atoms. The minimum absolute atomic E-state index is 0.523. The molecule has 0 bridgehead atoms. The third-order valence-corrected chi connectivity index (χ3v) is 5.84. The summed E-state index contributed by atoms with van der Waals surface area (Å²) < 4.78 is 1.20. The second-order valence-electron chi connectivity index (χ2n) is 5.23. The SMILES string of the molecule is CCNC(CSc1ccccc1Br)C1=CCCCCC1. The van der Waals surface area contributed by atoms with Gasteiger partial charge in [-0.05, 0) is 60.3 Å². The van der Waals surface area contributed by atoms with Gasteiger partial charge in [-0.1, -0.05) is 37.1 Å². The average molecular weight is 354 g/mol. The van der Waals surface area contributed by atoms with E-state index in [4.69, 9.17) is 0 Å². The number of allylic oxidation sites excluding steroid dienone is 1. The van der Waals surface area contributed by atoms with E-state index in [2.05, 4.69) is 58.5 Å². The molecule has 1 N–H and O–H groups in total. The predicted octanol–water partition coefficient (Wildman–Crippen LogP) is 5.41. The standard InChI is InChI=1S/C17H24BrNS/c1-2-19-16(14-9-5-3-4-6-10-14)13-20-17-12-8-7-11-15(17)18/h7-9,11-12,16,19H,2-6,10,13H2,1H3. The second kappa shape index (κ2) is 8.91. The van der Waals surface area contributed by atoms with Crippen molar-refractivity contribution in [2.75, 3.05) is 12.3 Å². The molecule has 0 fully saturated rings. The summed E-state index contributed by atoms with van der Waals surface area (Å²) in [4.78, 5) is 1.34. The van der Waals surface area contributed by atoms with E-state index in [1.165, 1.54) is 41.5 Å². The third kappa shape index (κ3) is 4.94. The molecule has 0 aromatic heterocycles. The zero-order chi connectivity index (χ0) is 14.2. The summed E-state index contributed by atoms with van der Waals surface area (Å²) in [6.07, 6.45) is 9.12. The average Bonchev–Trinajstić information content (AvgIpc) is 2.74. The van der Waals surface area contributed by atoms with Crippen LogP contribution in [0.5, 0.6) is 0 Å². The highest BCUT2D eigenvalue weighted by atomic mass is 79.9. The fourth-order valence-corrected chi connectivity index (χ4v) is 4.32. The molecule has 1 aliphatic carbocycles. The Kier molecular flexibility index (Phi) is 7.18. The lowest BCUT2D eigenvalue weighted by molar-refractivity contribution is 0.608. The summed E-state index contributed by atoms with van der Waals surface area (Å²) in [5.74, 6) is 1.11. The van der Waals surface area contributed by atoms with Crippen LogP contribution in [0.3, 0.4) is 0 Å². The molecule has 110 valence electrons. The van der Waals surface area contributed by atoms with Crippen molar-refractivity contribution in [2.45, 2.75) is 50.0 Å². The van der Waals surface area contributed by atoms with Gasteiger partial charge in [-0.3, -0.25) is 0 Å². The second-order valence-corrected chi connectivity index (χ2v) is 7.15. The monoisotopic (exact) mass is 353 g/mol. The van der Waals surface area contributed by atoms with Gasteiger partial charge >= 0.3 is 0 Å². The Morgan fingerprint density at radius 1 is 1.25 bits per heavy atom. The van der Waals surface area contributed by atoms with E-state index in [0.29, 0.717) is 6.04 Å². The molecule has 1 atom stereocenters. The quantitative estimate of drug-likeness (QED) is 0.541. The lowest BCUT2D eigenvalue weighted by Gasteiger charge is -2.21. The Morgan fingerprint density at radius 2 is 2.10 bits per heavy atom. The fourth-order valence-electron chi connectivity index (χ4n) is 2.63. The number of benzene rings is 1. The normalized spacial score (nSPS) is 17.4. The van der Waals surface area contributed by atoms with Gasteiger partial charge in [-0.25, -0.2) is 0 Å². The number of halogens is 1. The first-order chi connectivity index (χ1) is 9.81. The topological polar surface area (TPSA) is 12.0 Å². The van der Waals surface area contributed by atoms with Crippen LogP contribution >= 0.6 is 27.7 Å². The van der Waals surface area contributed by atoms with Gasteiger partial charge in [0.05, 0.1) is 0 Å². The number of thioether (sulfide) groups is 1. The van der Waals surface area contributed by atoms with Gasteiger partial charge in [0.15, 0.2) is 0 Å². The zero-order valence-electron chi connectivity index (χ0n) is 12.2. The Morgan fingerprint density at radius 3 is 2.90 bits per heavy atom. The maximum atomic E-state index is 3.67. The Balaban J connectivity index is 1.98. The van der Waals surface area contributed by atoms with Crippen molar-refractivity contribution >= 4 is 27.7 Å². The van der Waals surface area contributed by atoms with Crippen molar-refractivity contribution in [3.8, 4) is 0 Å². The molecule has 1 aromatic rings. The summed E-state index contributed by atoms with van der Waals surface area (Å²) >= 11 is 5.58. The van der Waals surface area contributed by atoms with Crippen LogP contribution in [0.25, 0.3) is 0 Å². The minimum atomic E-state index is 0.523. The van der Waals surface area contributed by atoms with Gasteiger partial charge in [0.2, 0.25) is 0 Å². The first kappa shape index (κ1) is 16.1. The van der Waals surface area contributed by atoms with Crippen LogP contribution in [-0.4, -0.2) is 18.3 Å². The molecule has 2 rings (SSSR count). The van der Waals surface area contributed by atoms with E-state index < -0.39 is 0 Å². The van der Waals surface area contributed by atoms with Gasteiger partial charge in [0.1, 0.15) is 0 Å². The number of hydrogen-bond donors (Lipinski definition) is 1. The van der Waals surface area contributed by atoms with E-state index >= 15 is 0 Å². The molecule has 0 spiro atoms. The molecule has 0 amide bonds. The van der Waals surface area contributed by atoms with Crippen molar-refractivity contribution in [1.29, 1.82) is 0 Å². The lowest BCUT2D eigenvalue weighted by Crippen LogP contribution is -2.33. The highest BCUT2D eigenvalue weighted by Gasteiger charge is 2.15. The summed E-state index contributed by atoms with van der Waals surface area (Å²) in [7, 11) is 0. The molecular formula is C17H24BrNS. The first-order valence-corrected chi connectivity index (χ1v) is 9.38. The first-order valence-electron chi connectivity index (χ1n) is 7.61. The highest BCUT2D eigenvalue weighted by molar-refractivity contribution is 9.10. The molecule has 0 saturated heterocycles. The fraction of sp³-hybridized carbons (Fsp3) is 0.529. The smallest absolute Gasteiger partial charge is 0.0374 e. The van der Waals surface area contributed by atoms with Gasteiger partial charge in [-0.15, -0.1) is 11.8 Å². The van der Waals surface area contributed by atoms with E-state index in [9.17, 15) is 0 Å². The van der Waals surface area contributed by atoms with Crippen molar-refractivity contribution < 1.29 is 0 Å². The van der Waals surface area contributed by atoms with Crippen LogP contribution in [-0.2, 0) is 0 Å². The number of rotatable bonds is 6. The van der Waals surface area contributed by atoms with E-state index in [-0.39, 0.29) is 0 Å². The van der Waals surface area contributed by atoms with E-state index in [1.807, 2.05) is 11.8 Å². The van der Waals surface area contributed by atoms with Gasteiger partial charge < -0.3 is 5.32 Å². The van der Waals surface area contributed by atoms with Crippen LogP contribution in [0.2, 0.25) is 0 Å². The Bertz CT molecular complexity index is 444.